The third-order valence-corrected chi connectivity index (χ3v) is 5.54. The van der Waals surface area contributed by atoms with E-state index in [2.05, 4.69) is 77.0 Å². The molecule has 9 nitrogen and oxygen atoms in total. The molecule has 1 fully saturated rings. The van der Waals surface area contributed by atoms with Crippen molar-refractivity contribution < 1.29 is 0 Å². The number of benzene rings is 1. The Kier molecular flexibility index (Phi) is 6.26. The highest BCUT2D eigenvalue weighted by Crippen LogP contribution is 2.22. The molecule has 0 spiro atoms. The fraction of sp³-hybridized carbons (Fsp3) is 0.240. The summed E-state index contributed by atoms with van der Waals surface area (Å²) in [5.74, 6) is 2.32. The molecule has 0 radical (unpaired) electrons. The quantitative estimate of drug-likeness (QED) is 0.401. The molecule has 1 aliphatic heterocycles. The van der Waals surface area contributed by atoms with E-state index in [1.807, 2.05) is 25.1 Å². The monoisotopic (exact) mass is 453 g/mol. The average molecular weight is 454 g/mol. The Morgan fingerprint density at radius 2 is 1.68 bits per heavy atom. The number of piperazine rings is 1. The van der Waals surface area contributed by atoms with E-state index in [1.165, 1.54) is 5.69 Å². The molecule has 3 N–H and O–H groups in total. The number of rotatable bonds is 6. The largest absolute Gasteiger partial charge is 0.369 e. The molecule has 1 aliphatic rings. The Balaban J connectivity index is 1.27. The first-order valence-corrected chi connectivity index (χ1v) is 11.3. The number of nitrogens with one attached hydrogen (secondary N) is 3. The number of aromatic nitrogens is 5. The highest BCUT2D eigenvalue weighted by atomic mass is 15.2. The van der Waals surface area contributed by atoms with Crippen molar-refractivity contribution in [2.75, 3.05) is 35.2 Å². The normalized spacial score (nSPS) is 15.7. The molecule has 0 bridgehead atoms. The topological polar surface area (TPSA) is 104 Å². The van der Waals surface area contributed by atoms with Crippen molar-refractivity contribution in [2.24, 2.45) is 0 Å². The zero-order chi connectivity index (χ0) is 23.3. The molecule has 1 aromatic carbocycles. The molecular formula is C25H27N9. The van der Waals surface area contributed by atoms with Crippen LogP contribution in [0.15, 0.2) is 67.0 Å². The third-order valence-electron chi connectivity index (χ3n) is 5.54. The molecule has 4 aromatic rings. The molecule has 1 saturated heterocycles. The van der Waals surface area contributed by atoms with Crippen LogP contribution >= 0.6 is 0 Å². The number of hydrogen-bond donors (Lipinski definition) is 3. The minimum absolute atomic E-state index is 0.495. The van der Waals surface area contributed by atoms with Gasteiger partial charge in [0.2, 0.25) is 5.95 Å². The molecule has 172 valence electrons. The first-order chi connectivity index (χ1) is 16.6. The predicted molar refractivity (Wildman–Crippen MR) is 135 cm³/mol. The van der Waals surface area contributed by atoms with Gasteiger partial charge in [0.15, 0.2) is 5.82 Å². The Labute approximate surface area is 198 Å². The van der Waals surface area contributed by atoms with Crippen LogP contribution in [0.5, 0.6) is 0 Å². The standard InChI is InChI=1S/C25H27N9/c1-17-4-3-5-21(29-17)24-27-12-10-22(32-24)31-23-11-13-28-25(33-23)30-19-6-8-20(9-7-19)34-15-14-26-18(2)16-34/h3-13,18,26H,14-16H2,1-2H3,(H2,27,28,30,31,32,33). The smallest absolute Gasteiger partial charge is 0.229 e. The maximum atomic E-state index is 4.58. The lowest BCUT2D eigenvalue weighted by Gasteiger charge is -2.33. The predicted octanol–water partition coefficient (Wildman–Crippen LogP) is 3.92. The SMILES string of the molecule is Cc1cccc(-c2nccc(Nc3ccnc(Nc4ccc(N5CCNC(C)C5)cc4)n3)n2)n1. The van der Waals surface area contributed by atoms with Gasteiger partial charge in [0.25, 0.3) is 0 Å². The van der Waals surface area contributed by atoms with Gasteiger partial charge < -0.3 is 20.9 Å². The van der Waals surface area contributed by atoms with Crippen LogP contribution in [0.4, 0.5) is 29.0 Å². The van der Waals surface area contributed by atoms with E-state index in [-0.39, 0.29) is 0 Å². The summed E-state index contributed by atoms with van der Waals surface area (Å²) in [4.78, 5) is 24.7. The molecule has 1 atom stereocenters. The Hall–Kier alpha value is -4.11. The number of anilines is 5. The molecule has 4 heterocycles. The summed E-state index contributed by atoms with van der Waals surface area (Å²) in [7, 11) is 0. The second-order valence-corrected chi connectivity index (χ2v) is 8.29. The van der Waals surface area contributed by atoms with Crippen LogP contribution in [0, 0.1) is 6.92 Å². The lowest BCUT2D eigenvalue weighted by molar-refractivity contribution is 0.485. The molecule has 0 saturated carbocycles. The number of hydrogen-bond acceptors (Lipinski definition) is 9. The van der Waals surface area contributed by atoms with Gasteiger partial charge in [-0.25, -0.2) is 19.9 Å². The summed E-state index contributed by atoms with van der Waals surface area (Å²) in [6.45, 7) is 7.18. The minimum atomic E-state index is 0.495. The maximum absolute atomic E-state index is 4.58. The van der Waals surface area contributed by atoms with Crippen LogP contribution < -0.4 is 20.9 Å². The van der Waals surface area contributed by atoms with Gasteiger partial charge in [-0.2, -0.15) is 4.98 Å². The van der Waals surface area contributed by atoms with Gasteiger partial charge in [0.1, 0.15) is 17.3 Å². The van der Waals surface area contributed by atoms with Crippen molar-refractivity contribution in [1.82, 2.24) is 30.2 Å². The van der Waals surface area contributed by atoms with Crippen molar-refractivity contribution in [3.05, 3.63) is 72.7 Å². The Bertz CT molecular complexity index is 1260. The minimum Gasteiger partial charge on any atom is -0.369 e. The van der Waals surface area contributed by atoms with Crippen LogP contribution in [0.1, 0.15) is 12.6 Å². The van der Waals surface area contributed by atoms with Crippen molar-refractivity contribution in [1.29, 1.82) is 0 Å². The number of aryl methyl sites for hydroxylation is 1. The highest BCUT2D eigenvalue weighted by molar-refractivity contribution is 5.62. The fourth-order valence-electron chi connectivity index (χ4n) is 3.89. The van der Waals surface area contributed by atoms with Gasteiger partial charge in [-0.1, -0.05) is 6.07 Å². The summed E-state index contributed by atoms with van der Waals surface area (Å²) in [5, 5.41) is 9.98. The second-order valence-electron chi connectivity index (χ2n) is 8.29. The first-order valence-electron chi connectivity index (χ1n) is 11.3. The molecule has 0 amide bonds. The first kappa shape index (κ1) is 21.7. The van der Waals surface area contributed by atoms with E-state index >= 15 is 0 Å². The zero-order valence-electron chi connectivity index (χ0n) is 19.2. The highest BCUT2D eigenvalue weighted by Gasteiger charge is 2.15. The van der Waals surface area contributed by atoms with E-state index in [9.17, 15) is 0 Å². The van der Waals surface area contributed by atoms with Crippen LogP contribution in [0.25, 0.3) is 11.5 Å². The van der Waals surface area contributed by atoms with Gasteiger partial charge in [-0.15, -0.1) is 0 Å². The van der Waals surface area contributed by atoms with Gasteiger partial charge in [0.05, 0.1) is 0 Å². The molecule has 34 heavy (non-hydrogen) atoms. The lowest BCUT2D eigenvalue weighted by Crippen LogP contribution is -2.49. The van der Waals surface area contributed by atoms with E-state index in [1.54, 1.807) is 24.5 Å². The summed E-state index contributed by atoms with van der Waals surface area (Å²) < 4.78 is 0. The van der Waals surface area contributed by atoms with E-state index in [0.717, 1.165) is 36.7 Å². The maximum Gasteiger partial charge on any atom is 0.229 e. The van der Waals surface area contributed by atoms with Gasteiger partial charge in [-0.3, -0.25) is 0 Å². The third kappa shape index (κ3) is 5.26. The van der Waals surface area contributed by atoms with Crippen molar-refractivity contribution in [3.63, 3.8) is 0 Å². The molecular weight excluding hydrogens is 426 g/mol. The van der Waals surface area contributed by atoms with E-state index < -0.39 is 0 Å². The van der Waals surface area contributed by atoms with Crippen LogP contribution in [0.2, 0.25) is 0 Å². The molecule has 3 aromatic heterocycles. The number of nitrogens with zero attached hydrogens (tertiary/aromatic N) is 6. The zero-order valence-corrected chi connectivity index (χ0v) is 19.2. The lowest BCUT2D eigenvalue weighted by atomic mass is 10.2. The van der Waals surface area contributed by atoms with E-state index in [4.69, 9.17) is 0 Å². The van der Waals surface area contributed by atoms with Gasteiger partial charge >= 0.3 is 0 Å². The Morgan fingerprint density at radius 3 is 2.47 bits per heavy atom. The molecule has 5 rings (SSSR count). The number of pyridine rings is 1. The van der Waals surface area contributed by atoms with Crippen molar-refractivity contribution in [2.45, 2.75) is 19.9 Å². The average Bonchev–Trinajstić information content (AvgIpc) is 2.85. The Morgan fingerprint density at radius 1 is 0.882 bits per heavy atom. The summed E-state index contributed by atoms with van der Waals surface area (Å²) in [6, 6.07) is 18.2. The summed E-state index contributed by atoms with van der Waals surface area (Å²) in [6.07, 6.45) is 3.41. The van der Waals surface area contributed by atoms with Crippen LogP contribution in [0.3, 0.4) is 0 Å². The van der Waals surface area contributed by atoms with Gasteiger partial charge in [0, 0.05) is 55.1 Å². The summed E-state index contributed by atoms with van der Waals surface area (Å²) in [5.41, 5.74) is 3.80. The molecule has 9 heteroatoms. The van der Waals surface area contributed by atoms with Crippen LogP contribution in [-0.4, -0.2) is 50.6 Å². The van der Waals surface area contributed by atoms with Crippen LogP contribution in [-0.2, 0) is 0 Å². The van der Waals surface area contributed by atoms with Crippen molar-refractivity contribution >= 4 is 29.0 Å². The van der Waals surface area contributed by atoms with Gasteiger partial charge in [-0.05, 0) is 62.4 Å². The molecule has 0 aliphatic carbocycles. The fourth-order valence-corrected chi connectivity index (χ4v) is 3.89. The van der Waals surface area contributed by atoms with Crippen molar-refractivity contribution in [3.8, 4) is 11.5 Å². The summed E-state index contributed by atoms with van der Waals surface area (Å²) >= 11 is 0. The van der Waals surface area contributed by atoms with E-state index in [0.29, 0.717) is 29.5 Å². The second kappa shape index (κ2) is 9.80. The molecule has 1 unspecified atom stereocenters.